The molecule has 176 valence electrons. The van der Waals surface area contributed by atoms with Gasteiger partial charge in [0.15, 0.2) is 0 Å². The van der Waals surface area contributed by atoms with Gasteiger partial charge in [-0.25, -0.2) is 0 Å². The van der Waals surface area contributed by atoms with Crippen LogP contribution in [-0.4, -0.2) is 54.9 Å². The van der Waals surface area contributed by atoms with Crippen LogP contribution >= 0.6 is 0 Å². The van der Waals surface area contributed by atoms with Gasteiger partial charge in [-0.15, -0.1) is 0 Å². The lowest BCUT2D eigenvalue weighted by molar-refractivity contribution is -0.132. The summed E-state index contributed by atoms with van der Waals surface area (Å²) in [6, 6.07) is 14.7. The number of ether oxygens (including phenoxy) is 1. The zero-order valence-electron chi connectivity index (χ0n) is 19.4. The quantitative estimate of drug-likeness (QED) is 0.573. The van der Waals surface area contributed by atoms with Crippen LogP contribution in [-0.2, 0) is 4.79 Å². The lowest BCUT2D eigenvalue weighted by atomic mass is 10.0. The van der Waals surface area contributed by atoms with Crippen LogP contribution in [0.3, 0.4) is 0 Å². The van der Waals surface area contributed by atoms with Crippen molar-refractivity contribution in [3.8, 4) is 5.75 Å². The average molecular weight is 452 g/mol. The maximum absolute atomic E-state index is 12.6. The lowest BCUT2D eigenvalue weighted by Crippen LogP contribution is -2.46. The molecule has 0 aliphatic carbocycles. The van der Waals surface area contributed by atoms with Crippen LogP contribution < -0.4 is 15.4 Å². The van der Waals surface area contributed by atoms with E-state index >= 15 is 0 Å². The van der Waals surface area contributed by atoms with Crippen molar-refractivity contribution in [2.45, 2.75) is 45.6 Å². The van der Waals surface area contributed by atoms with Crippen LogP contribution in [0.15, 0.2) is 48.5 Å². The van der Waals surface area contributed by atoms with E-state index in [1.54, 1.807) is 18.2 Å². The van der Waals surface area contributed by atoms with E-state index in [0.29, 0.717) is 56.0 Å². The maximum Gasteiger partial charge on any atom is 0.255 e. The molecule has 7 nitrogen and oxygen atoms in total. The highest BCUT2D eigenvalue weighted by atomic mass is 16.5. The summed E-state index contributed by atoms with van der Waals surface area (Å²) in [5.74, 6) is 0.393. The Morgan fingerprint density at radius 2 is 1.64 bits per heavy atom. The van der Waals surface area contributed by atoms with Crippen molar-refractivity contribution < 1.29 is 19.1 Å². The number of benzene rings is 2. The largest absolute Gasteiger partial charge is 0.493 e. The Labute approximate surface area is 195 Å². The lowest BCUT2D eigenvalue weighted by Gasteiger charge is -2.32. The summed E-state index contributed by atoms with van der Waals surface area (Å²) in [6.07, 6.45) is 2.45. The highest BCUT2D eigenvalue weighted by Gasteiger charge is 2.24. The van der Waals surface area contributed by atoms with Crippen LogP contribution in [0.1, 0.15) is 58.9 Å². The molecular weight excluding hydrogens is 418 g/mol. The molecule has 1 fully saturated rings. The molecule has 0 atom stereocenters. The Hall–Kier alpha value is -3.35. The molecule has 2 N–H and O–H groups in total. The number of carbonyl (C=O) groups excluding carboxylic acids is 3. The maximum atomic E-state index is 12.6. The highest BCUT2D eigenvalue weighted by Crippen LogP contribution is 2.18. The van der Waals surface area contributed by atoms with Gasteiger partial charge in [-0.2, -0.15) is 0 Å². The van der Waals surface area contributed by atoms with Gasteiger partial charge in [-0.05, 0) is 56.9 Å². The van der Waals surface area contributed by atoms with Crippen LogP contribution in [0.2, 0.25) is 0 Å². The minimum absolute atomic E-state index is 0.0560. The van der Waals surface area contributed by atoms with E-state index in [-0.39, 0.29) is 23.8 Å². The van der Waals surface area contributed by atoms with Gasteiger partial charge in [0.25, 0.3) is 11.8 Å². The number of carbonyl (C=O) groups is 3. The fourth-order valence-electron chi connectivity index (χ4n) is 3.99. The van der Waals surface area contributed by atoms with Crippen molar-refractivity contribution in [2.24, 2.45) is 0 Å². The molecule has 2 aromatic rings. The monoisotopic (exact) mass is 451 g/mol. The zero-order valence-corrected chi connectivity index (χ0v) is 19.4. The molecule has 2 aromatic carbocycles. The predicted octanol–water partition coefficient (Wildman–Crippen LogP) is 3.32. The number of rotatable bonds is 9. The second kappa shape index (κ2) is 12.0. The Balaban J connectivity index is 1.36. The fourth-order valence-corrected chi connectivity index (χ4v) is 3.99. The first-order valence-electron chi connectivity index (χ1n) is 11.6. The van der Waals surface area contributed by atoms with E-state index in [9.17, 15) is 14.4 Å². The number of piperidine rings is 1. The number of nitrogens with one attached hydrogen (secondary N) is 2. The van der Waals surface area contributed by atoms with E-state index in [1.807, 2.05) is 49.1 Å². The summed E-state index contributed by atoms with van der Waals surface area (Å²) >= 11 is 0. The first-order chi connectivity index (χ1) is 16.0. The zero-order chi connectivity index (χ0) is 23.6. The van der Waals surface area contributed by atoms with Crippen molar-refractivity contribution in [3.63, 3.8) is 0 Å². The van der Waals surface area contributed by atoms with Gasteiger partial charge in [0.2, 0.25) is 5.91 Å². The first-order valence-corrected chi connectivity index (χ1v) is 11.6. The third kappa shape index (κ3) is 6.81. The minimum Gasteiger partial charge on any atom is -0.493 e. The van der Waals surface area contributed by atoms with Crippen molar-refractivity contribution >= 4 is 17.7 Å². The smallest absolute Gasteiger partial charge is 0.255 e. The number of likely N-dealkylation sites (tertiary alicyclic amines) is 1. The predicted molar refractivity (Wildman–Crippen MR) is 127 cm³/mol. The molecule has 0 radical (unpaired) electrons. The Kier molecular flexibility index (Phi) is 8.87. The average Bonchev–Trinajstić information content (AvgIpc) is 2.83. The molecule has 0 spiro atoms. The van der Waals surface area contributed by atoms with Gasteiger partial charge in [-0.1, -0.05) is 30.3 Å². The van der Waals surface area contributed by atoms with E-state index < -0.39 is 0 Å². The molecule has 3 amide bonds. The van der Waals surface area contributed by atoms with Crippen LogP contribution in [0.25, 0.3) is 0 Å². The Morgan fingerprint density at radius 1 is 0.970 bits per heavy atom. The third-order valence-corrected chi connectivity index (χ3v) is 5.86. The van der Waals surface area contributed by atoms with Gasteiger partial charge >= 0.3 is 0 Å². The molecule has 0 unspecified atom stereocenters. The normalized spacial score (nSPS) is 13.9. The SMILES string of the molecule is CCOc1ccccc1C(=O)NCCCC(=O)N1CCC(NC(=O)c2ccccc2C)CC1. The van der Waals surface area contributed by atoms with Gasteiger partial charge in [-0.3, -0.25) is 14.4 Å². The van der Waals surface area contributed by atoms with Crippen molar-refractivity contribution in [3.05, 3.63) is 65.2 Å². The van der Waals surface area contributed by atoms with Gasteiger partial charge < -0.3 is 20.3 Å². The van der Waals surface area contributed by atoms with Crippen LogP contribution in [0.5, 0.6) is 5.75 Å². The van der Waals surface area contributed by atoms with E-state index in [4.69, 9.17) is 4.74 Å². The highest BCUT2D eigenvalue weighted by molar-refractivity contribution is 5.97. The van der Waals surface area contributed by atoms with Crippen molar-refractivity contribution in [1.29, 1.82) is 0 Å². The second-order valence-corrected chi connectivity index (χ2v) is 8.23. The van der Waals surface area contributed by atoms with E-state index in [1.165, 1.54) is 0 Å². The molecule has 0 bridgehead atoms. The number of aryl methyl sites for hydroxylation is 1. The third-order valence-electron chi connectivity index (χ3n) is 5.86. The fraction of sp³-hybridized carbons (Fsp3) is 0.423. The summed E-state index contributed by atoms with van der Waals surface area (Å²) in [6.45, 7) is 5.98. The minimum atomic E-state index is -0.197. The number of nitrogens with zero attached hydrogens (tertiary/aromatic N) is 1. The molecule has 1 saturated heterocycles. The van der Waals surface area contributed by atoms with Gasteiger partial charge in [0, 0.05) is 37.7 Å². The first kappa shape index (κ1) is 24.3. The summed E-state index contributed by atoms with van der Waals surface area (Å²) in [4.78, 5) is 39.3. The van der Waals surface area contributed by atoms with Crippen molar-refractivity contribution in [2.75, 3.05) is 26.2 Å². The molecular formula is C26H33N3O4. The van der Waals surface area contributed by atoms with Crippen LogP contribution in [0, 0.1) is 6.92 Å². The van der Waals surface area contributed by atoms with E-state index in [0.717, 1.165) is 18.4 Å². The van der Waals surface area contributed by atoms with E-state index in [2.05, 4.69) is 10.6 Å². The Morgan fingerprint density at radius 3 is 2.33 bits per heavy atom. The topological polar surface area (TPSA) is 87.7 Å². The number of hydrogen-bond donors (Lipinski definition) is 2. The molecule has 1 heterocycles. The molecule has 0 saturated carbocycles. The molecule has 7 heteroatoms. The number of amides is 3. The number of para-hydroxylation sites is 1. The van der Waals surface area contributed by atoms with Crippen LogP contribution in [0.4, 0.5) is 0 Å². The molecule has 3 rings (SSSR count). The van der Waals surface area contributed by atoms with Crippen molar-refractivity contribution in [1.82, 2.24) is 15.5 Å². The molecule has 1 aliphatic rings. The summed E-state index contributed by atoms with van der Waals surface area (Å²) < 4.78 is 5.50. The second-order valence-electron chi connectivity index (χ2n) is 8.23. The molecule has 0 aromatic heterocycles. The Bertz CT molecular complexity index is 968. The van der Waals surface area contributed by atoms with Gasteiger partial charge in [0.1, 0.15) is 5.75 Å². The number of hydrogen-bond acceptors (Lipinski definition) is 4. The summed E-state index contributed by atoms with van der Waals surface area (Å²) in [5.41, 5.74) is 2.15. The summed E-state index contributed by atoms with van der Waals surface area (Å²) in [7, 11) is 0. The summed E-state index contributed by atoms with van der Waals surface area (Å²) in [5, 5.41) is 5.96. The standard InChI is InChI=1S/C26H33N3O4/c1-3-33-23-12-7-6-11-22(23)25(31)27-16-8-13-24(30)29-17-14-20(15-18-29)28-26(32)21-10-5-4-9-19(21)2/h4-7,9-12,20H,3,8,13-18H2,1-2H3,(H,27,31)(H,28,32). The van der Waals surface area contributed by atoms with Gasteiger partial charge in [0.05, 0.1) is 12.2 Å². The molecule has 33 heavy (non-hydrogen) atoms. The molecule has 1 aliphatic heterocycles.